The summed E-state index contributed by atoms with van der Waals surface area (Å²) in [5, 5.41) is 2.31. The predicted molar refractivity (Wildman–Crippen MR) is 110 cm³/mol. The van der Waals surface area contributed by atoms with Gasteiger partial charge in [-0.15, -0.1) is 0 Å². The summed E-state index contributed by atoms with van der Waals surface area (Å²) in [5.41, 5.74) is 14.9. The van der Waals surface area contributed by atoms with Crippen LogP contribution < -0.4 is 16.2 Å². The molecule has 1 unspecified atom stereocenters. The molecule has 1 heterocycles. The molecule has 4 N–H and O–H groups in total. The number of nitrogens with two attached hydrogens (primary N) is 2. The van der Waals surface area contributed by atoms with Crippen LogP contribution in [-0.4, -0.2) is 12.6 Å². The second-order valence-corrected chi connectivity index (χ2v) is 6.95. The summed E-state index contributed by atoms with van der Waals surface area (Å²) in [4.78, 5) is 12.7. The lowest BCUT2D eigenvalue weighted by Crippen LogP contribution is -2.27. The first-order chi connectivity index (χ1) is 13.5. The predicted octanol–water partition coefficient (Wildman–Crippen LogP) is 4.33. The topological polar surface area (TPSA) is 87.6 Å². The highest BCUT2D eigenvalue weighted by atomic mass is 35.5. The summed E-state index contributed by atoms with van der Waals surface area (Å²) in [6.45, 7) is 1.99. The summed E-state index contributed by atoms with van der Waals surface area (Å²) >= 11 is 6.06. The number of carbonyl (C=O) groups is 1. The minimum atomic E-state index is -0.502. The number of rotatable bonds is 3. The van der Waals surface area contributed by atoms with E-state index in [9.17, 15) is 4.79 Å². The molecule has 5 nitrogen and oxygen atoms in total. The van der Waals surface area contributed by atoms with E-state index in [1.165, 1.54) is 0 Å². The van der Waals surface area contributed by atoms with E-state index in [0.29, 0.717) is 16.5 Å². The summed E-state index contributed by atoms with van der Waals surface area (Å²) in [7, 11) is 0. The van der Waals surface area contributed by atoms with Crippen molar-refractivity contribution in [2.75, 3.05) is 12.3 Å². The maximum atomic E-state index is 12.7. The van der Waals surface area contributed by atoms with Crippen molar-refractivity contribution >= 4 is 34.0 Å². The molecule has 0 amide bonds. The normalized spacial score (nSPS) is 15.9. The van der Waals surface area contributed by atoms with Crippen molar-refractivity contribution in [3.05, 3.63) is 82.2 Å². The van der Waals surface area contributed by atoms with Crippen LogP contribution in [0.5, 0.6) is 5.75 Å². The van der Waals surface area contributed by atoms with E-state index < -0.39 is 11.9 Å². The van der Waals surface area contributed by atoms with Gasteiger partial charge >= 0.3 is 5.97 Å². The van der Waals surface area contributed by atoms with Crippen molar-refractivity contribution in [1.29, 1.82) is 0 Å². The van der Waals surface area contributed by atoms with Crippen molar-refractivity contribution in [2.45, 2.75) is 12.8 Å². The van der Waals surface area contributed by atoms with E-state index >= 15 is 0 Å². The van der Waals surface area contributed by atoms with Crippen LogP contribution in [0.15, 0.2) is 66.1 Å². The van der Waals surface area contributed by atoms with Crippen molar-refractivity contribution < 1.29 is 14.3 Å². The quantitative estimate of drug-likeness (QED) is 0.509. The van der Waals surface area contributed by atoms with Crippen molar-refractivity contribution in [2.24, 2.45) is 5.73 Å². The van der Waals surface area contributed by atoms with Crippen LogP contribution in [0, 0.1) is 0 Å². The lowest BCUT2D eigenvalue weighted by Gasteiger charge is -2.29. The number of hydrogen-bond acceptors (Lipinski definition) is 5. The van der Waals surface area contributed by atoms with Crippen molar-refractivity contribution in [3.8, 4) is 5.75 Å². The highest BCUT2D eigenvalue weighted by Crippen LogP contribution is 2.46. The second-order valence-electron chi connectivity index (χ2n) is 6.51. The molecule has 0 saturated carbocycles. The van der Waals surface area contributed by atoms with E-state index in [2.05, 4.69) is 0 Å². The van der Waals surface area contributed by atoms with Gasteiger partial charge in [0.05, 0.1) is 12.5 Å². The van der Waals surface area contributed by atoms with Crippen LogP contribution in [0.25, 0.3) is 10.8 Å². The molecule has 0 bridgehead atoms. The van der Waals surface area contributed by atoms with Crippen LogP contribution in [0.2, 0.25) is 5.02 Å². The summed E-state index contributed by atoms with van der Waals surface area (Å²) in [6.07, 6.45) is 0. The molecule has 3 aromatic rings. The Labute approximate surface area is 167 Å². The summed E-state index contributed by atoms with van der Waals surface area (Å²) in [5.74, 6) is -0.319. The number of esters is 1. The van der Waals surface area contributed by atoms with Gasteiger partial charge in [0, 0.05) is 27.0 Å². The van der Waals surface area contributed by atoms with E-state index in [1.54, 1.807) is 19.1 Å². The zero-order chi connectivity index (χ0) is 19.8. The Morgan fingerprint density at radius 1 is 1.07 bits per heavy atom. The highest BCUT2D eigenvalue weighted by molar-refractivity contribution is 6.30. The number of fused-ring (bicyclic) bond motifs is 3. The van der Waals surface area contributed by atoms with Gasteiger partial charge in [0.25, 0.3) is 0 Å². The van der Waals surface area contributed by atoms with Gasteiger partial charge in [0.1, 0.15) is 11.3 Å². The van der Waals surface area contributed by atoms with Gasteiger partial charge in [0.15, 0.2) is 0 Å². The molecule has 1 aliphatic heterocycles. The molecule has 0 spiro atoms. The standard InChI is InChI=1S/C22H19ClN2O3/c1-2-27-22(26)19-18(12-6-8-13(23)9-7-12)16-11-10-14-15(4-3-5-17(14)24)20(16)28-21(19)25/h3-11,18H,2,24-25H2,1H3. The Bertz CT molecular complexity index is 1110. The number of carbonyl (C=O) groups excluding carboxylic acids is 1. The first kappa shape index (κ1) is 18.2. The number of halogens is 1. The first-order valence-corrected chi connectivity index (χ1v) is 9.30. The Balaban J connectivity index is 1.98. The third kappa shape index (κ3) is 2.94. The molecule has 0 fully saturated rings. The van der Waals surface area contributed by atoms with Crippen LogP contribution in [-0.2, 0) is 9.53 Å². The molecule has 3 aromatic carbocycles. The van der Waals surface area contributed by atoms with Gasteiger partial charge in [-0.3, -0.25) is 0 Å². The van der Waals surface area contributed by atoms with E-state index in [4.69, 9.17) is 32.5 Å². The minimum absolute atomic E-state index is 0.0285. The molecule has 1 atom stereocenters. The summed E-state index contributed by atoms with van der Waals surface area (Å²) < 4.78 is 11.2. The average molecular weight is 395 g/mol. The van der Waals surface area contributed by atoms with Crippen molar-refractivity contribution in [3.63, 3.8) is 0 Å². The van der Waals surface area contributed by atoms with Gasteiger partial charge in [0.2, 0.25) is 5.88 Å². The van der Waals surface area contributed by atoms with Gasteiger partial charge in [-0.2, -0.15) is 0 Å². The monoisotopic (exact) mass is 394 g/mol. The molecule has 1 aliphatic rings. The fraction of sp³-hybridized carbons (Fsp3) is 0.136. The van der Waals surface area contributed by atoms with E-state index in [0.717, 1.165) is 21.9 Å². The lowest BCUT2D eigenvalue weighted by molar-refractivity contribution is -0.139. The maximum Gasteiger partial charge on any atom is 0.340 e. The Morgan fingerprint density at radius 2 is 1.82 bits per heavy atom. The SMILES string of the molecule is CCOC(=O)C1=C(N)Oc2c(ccc3c(N)cccc23)C1c1ccc(Cl)cc1. The number of nitrogen functional groups attached to an aromatic ring is 1. The highest BCUT2D eigenvalue weighted by Gasteiger charge is 2.36. The van der Waals surface area contributed by atoms with Crippen LogP contribution in [0.1, 0.15) is 24.0 Å². The van der Waals surface area contributed by atoms with E-state index in [1.807, 2.05) is 42.5 Å². The Kier molecular flexibility index (Phi) is 4.61. The first-order valence-electron chi connectivity index (χ1n) is 8.92. The molecule has 6 heteroatoms. The van der Waals surface area contributed by atoms with Crippen LogP contribution in [0.3, 0.4) is 0 Å². The fourth-order valence-electron chi connectivity index (χ4n) is 3.60. The Hall–Kier alpha value is -3.18. The molecule has 0 aliphatic carbocycles. The minimum Gasteiger partial charge on any atom is -0.462 e. The molecule has 142 valence electrons. The number of benzene rings is 3. The van der Waals surface area contributed by atoms with Crippen LogP contribution in [0.4, 0.5) is 5.69 Å². The molecule has 0 aromatic heterocycles. The molecule has 28 heavy (non-hydrogen) atoms. The van der Waals surface area contributed by atoms with Crippen molar-refractivity contribution in [1.82, 2.24) is 0 Å². The Morgan fingerprint density at radius 3 is 2.54 bits per heavy atom. The third-order valence-corrected chi connectivity index (χ3v) is 5.10. The van der Waals surface area contributed by atoms with Crippen LogP contribution >= 0.6 is 11.6 Å². The second kappa shape index (κ2) is 7.09. The molecular formula is C22H19ClN2O3. The molecule has 0 saturated heterocycles. The smallest absolute Gasteiger partial charge is 0.340 e. The maximum absolute atomic E-state index is 12.7. The fourth-order valence-corrected chi connectivity index (χ4v) is 3.73. The molecule has 4 rings (SSSR count). The number of anilines is 1. The van der Waals surface area contributed by atoms with Gasteiger partial charge in [-0.25, -0.2) is 4.79 Å². The third-order valence-electron chi connectivity index (χ3n) is 4.85. The van der Waals surface area contributed by atoms with Gasteiger partial charge < -0.3 is 20.9 Å². The largest absolute Gasteiger partial charge is 0.462 e. The van der Waals surface area contributed by atoms with Gasteiger partial charge in [-0.1, -0.05) is 48.0 Å². The number of ether oxygens (including phenoxy) is 2. The van der Waals surface area contributed by atoms with E-state index in [-0.39, 0.29) is 18.1 Å². The summed E-state index contributed by atoms with van der Waals surface area (Å²) in [6, 6.07) is 16.8. The molecular weight excluding hydrogens is 376 g/mol. The zero-order valence-electron chi connectivity index (χ0n) is 15.2. The average Bonchev–Trinajstić information content (AvgIpc) is 2.68. The molecule has 0 radical (unpaired) electrons. The lowest BCUT2D eigenvalue weighted by atomic mass is 9.82. The van der Waals surface area contributed by atoms with Gasteiger partial charge in [-0.05, 0) is 30.7 Å². The number of hydrogen-bond donors (Lipinski definition) is 2. The zero-order valence-corrected chi connectivity index (χ0v) is 16.0.